The summed E-state index contributed by atoms with van der Waals surface area (Å²) >= 11 is 0. The summed E-state index contributed by atoms with van der Waals surface area (Å²) in [5.74, 6) is -1.87. The maximum atomic E-state index is 12.6. The number of carboxylic acids is 1. The van der Waals surface area contributed by atoms with E-state index in [9.17, 15) is 19.5 Å². The van der Waals surface area contributed by atoms with Crippen LogP contribution < -0.4 is 5.32 Å². The molecule has 6 heteroatoms. The van der Waals surface area contributed by atoms with E-state index in [0.29, 0.717) is 35.7 Å². The van der Waals surface area contributed by atoms with E-state index in [1.54, 1.807) is 24.3 Å². The first-order valence-electron chi connectivity index (χ1n) is 7.95. The Morgan fingerprint density at radius 3 is 2.79 bits per heavy atom. The molecule has 1 amide bonds. The number of nitrogens with zero attached hydrogens (tertiary/aromatic N) is 1. The number of carbonyl (C=O) groups excluding carboxylic acids is 2. The molecule has 2 aromatic rings. The van der Waals surface area contributed by atoms with Crippen LogP contribution >= 0.6 is 0 Å². The van der Waals surface area contributed by atoms with Crippen LogP contribution in [0.25, 0.3) is 10.9 Å². The van der Waals surface area contributed by atoms with Gasteiger partial charge in [0.05, 0.1) is 11.1 Å². The van der Waals surface area contributed by atoms with E-state index in [2.05, 4.69) is 10.3 Å². The topological polar surface area (TPSA) is 96.4 Å². The SMILES string of the molecule is O=C1CCC[C@@H]([C@@H](NC(=O)c2ccnc3ccccc23)C(=O)O)C1. The molecule has 3 rings (SSSR count). The van der Waals surface area contributed by atoms with Gasteiger partial charge in [0.15, 0.2) is 0 Å². The second-order valence-corrected chi connectivity index (χ2v) is 6.06. The number of rotatable bonds is 4. The smallest absolute Gasteiger partial charge is 0.326 e. The van der Waals surface area contributed by atoms with Gasteiger partial charge in [0, 0.05) is 24.4 Å². The molecule has 2 N–H and O–H groups in total. The fourth-order valence-electron chi connectivity index (χ4n) is 3.24. The van der Waals surface area contributed by atoms with Gasteiger partial charge in [0.2, 0.25) is 0 Å². The Morgan fingerprint density at radius 1 is 1.25 bits per heavy atom. The molecule has 124 valence electrons. The zero-order valence-electron chi connectivity index (χ0n) is 13.1. The lowest BCUT2D eigenvalue weighted by Crippen LogP contribution is -2.47. The van der Waals surface area contributed by atoms with Gasteiger partial charge in [-0.05, 0) is 30.9 Å². The van der Waals surface area contributed by atoms with Gasteiger partial charge < -0.3 is 10.4 Å². The summed E-state index contributed by atoms with van der Waals surface area (Å²) in [7, 11) is 0. The number of Topliss-reactive ketones (excluding diaryl/α,β-unsaturated/α-hetero) is 1. The van der Waals surface area contributed by atoms with Crippen molar-refractivity contribution < 1.29 is 19.5 Å². The monoisotopic (exact) mass is 326 g/mol. The van der Waals surface area contributed by atoms with Crippen molar-refractivity contribution in [1.29, 1.82) is 0 Å². The highest BCUT2D eigenvalue weighted by Crippen LogP contribution is 2.25. The van der Waals surface area contributed by atoms with Gasteiger partial charge in [-0.2, -0.15) is 0 Å². The minimum absolute atomic E-state index is 0.0566. The van der Waals surface area contributed by atoms with E-state index in [4.69, 9.17) is 0 Å². The van der Waals surface area contributed by atoms with Gasteiger partial charge in [-0.3, -0.25) is 14.6 Å². The van der Waals surface area contributed by atoms with Gasteiger partial charge in [0.1, 0.15) is 11.8 Å². The molecule has 1 aromatic heterocycles. The Kier molecular flexibility index (Phi) is 4.55. The maximum Gasteiger partial charge on any atom is 0.326 e. The average molecular weight is 326 g/mol. The van der Waals surface area contributed by atoms with Crippen molar-refractivity contribution in [3.8, 4) is 0 Å². The predicted molar refractivity (Wildman–Crippen MR) is 87.6 cm³/mol. The molecule has 1 aliphatic carbocycles. The maximum absolute atomic E-state index is 12.6. The lowest BCUT2D eigenvalue weighted by Gasteiger charge is -2.27. The molecule has 6 nitrogen and oxygen atoms in total. The molecule has 1 fully saturated rings. The number of carbonyl (C=O) groups is 3. The fraction of sp³-hybridized carbons (Fsp3) is 0.333. The highest BCUT2D eigenvalue weighted by atomic mass is 16.4. The van der Waals surface area contributed by atoms with Crippen LogP contribution in [-0.2, 0) is 9.59 Å². The fourth-order valence-corrected chi connectivity index (χ4v) is 3.24. The van der Waals surface area contributed by atoms with E-state index in [-0.39, 0.29) is 18.1 Å². The summed E-state index contributed by atoms with van der Waals surface area (Å²) < 4.78 is 0. The van der Waals surface area contributed by atoms with Crippen molar-refractivity contribution in [3.63, 3.8) is 0 Å². The number of amides is 1. The number of pyridine rings is 1. The zero-order valence-corrected chi connectivity index (χ0v) is 13.1. The Morgan fingerprint density at radius 2 is 2.04 bits per heavy atom. The van der Waals surface area contributed by atoms with Crippen molar-refractivity contribution in [2.75, 3.05) is 0 Å². The Labute approximate surface area is 138 Å². The second kappa shape index (κ2) is 6.78. The van der Waals surface area contributed by atoms with Crippen molar-refractivity contribution in [2.24, 2.45) is 5.92 Å². The minimum atomic E-state index is -1.11. The number of fused-ring (bicyclic) bond motifs is 1. The van der Waals surface area contributed by atoms with Crippen molar-refractivity contribution in [3.05, 3.63) is 42.1 Å². The van der Waals surface area contributed by atoms with Gasteiger partial charge in [-0.1, -0.05) is 18.2 Å². The molecule has 1 heterocycles. The summed E-state index contributed by atoms with van der Waals surface area (Å²) in [6, 6.07) is 7.70. The Balaban J connectivity index is 1.85. The molecule has 0 unspecified atom stereocenters. The first-order chi connectivity index (χ1) is 11.6. The van der Waals surface area contributed by atoms with Crippen LogP contribution in [0.5, 0.6) is 0 Å². The molecule has 1 aliphatic rings. The van der Waals surface area contributed by atoms with E-state index in [0.717, 1.165) is 0 Å². The number of hydrogen-bond donors (Lipinski definition) is 2. The highest BCUT2D eigenvalue weighted by Gasteiger charge is 2.33. The number of carboxylic acid groups (broad SMARTS) is 1. The first-order valence-corrected chi connectivity index (χ1v) is 7.95. The lowest BCUT2D eigenvalue weighted by molar-refractivity contribution is -0.141. The standard InChI is InChI=1S/C18H18N2O4/c21-12-5-3-4-11(10-12)16(18(23)24)20-17(22)14-8-9-19-15-7-2-1-6-13(14)15/h1-2,6-9,11,16H,3-5,10H2,(H,20,22)(H,23,24)/t11-,16-/m1/s1. The van der Waals surface area contributed by atoms with Crippen LogP contribution in [0.3, 0.4) is 0 Å². The van der Waals surface area contributed by atoms with E-state index in [1.807, 2.05) is 6.07 Å². The molecule has 1 saturated carbocycles. The summed E-state index contributed by atoms with van der Waals surface area (Å²) in [6.07, 6.45) is 3.51. The van der Waals surface area contributed by atoms with Crippen LogP contribution in [0.4, 0.5) is 0 Å². The van der Waals surface area contributed by atoms with Crippen LogP contribution in [0, 0.1) is 5.92 Å². The summed E-state index contributed by atoms with van der Waals surface area (Å²) in [5.41, 5.74) is 1.05. The lowest BCUT2D eigenvalue weighted by atomic mass is 9.83. The molecular weight excluding hydrogens is 308 g/mol. The number of benzene rings is 1. The molecule has 0 bridgehead atoms. The average Bonchev–Trinajstić information content (AvgIpc) is 2.58. The third-order valence-corrected chi connectivity index (χ3v) is 4.44. The van der Waals surface area contributed by atoms with Crippen molar-refractivity contribution >= 4 is 28.6 Å². The summed E-state index contributed by atoms with van der Waals surface area (Å²) in [6.45, 7) is 0. The number of hydrogen-bond acceptors (Lipinski definition) is 4. The van der Waals surface area contributed by atoms with Crippen LogP contribution in [0.1, 0.15) is 36.0 Å². The summed E-state index contributed by atoms with van der Waals surface area (Å²) in [4.78, 5) is 40.0. The number of nitrogens with one attached hydrogen (secondary N) is 1. The van der Waals surface area contributed by atoms with E-state index in [1.165, 1.54) is 6.20 Å². The Hall–Kier alpha value is -2.76. The van der Waals surface area contributed by atoms with Crippen LogP contribution in [0.2, 0.25) is 0 Å². The van der Waals surface area contributed by atoms with E-state index < -0.39 is 17.9 Å². The number of aromatic nitrogens is 1. The molecule has 2 atom stereocenters. The molecule has 0 spiro atoms. The van der Waals surface area contributed by atoms with Crippen molar-refractivity contribution in [2.45, 2.75) is 31.7 Å². The molecule has 24 heavy (non-hydrogen) atoms. The largest absolute Gasteiger partial charge is 0.480 e. The molecule has 0 saturated heterocycles. The molecular formula is C18H18N2O4. The Bertz CT molecular complexity index is 797. The zero-order chi connectivity index (χ0) is 17.1. The normalized spacial score (nSPS) is 19.0. The van der Waals surface area contributed by atoms with Gasteiger partial charge in [-0.25, -0.2) is 4.79 Å². The summed E-state index contributed by atoms with van der Waals surface area (Å²) in [5, 5.41) is 12.7. The van der Waals surface area contributed by atoms with Crippen LogP contribution in [-0.4, -0.2) is 33.8 Å². The third-order valence-electron chi connectivity index (χ3n) is 4.44. The number of ketones is 1. The van der Waals surface area contributed by atoms with E-state index >= 15 is 0 Å². The molecule has 0 radical (unpaired) electrons. The number of aliphatic carboxylic acids is 1. The second-order valence-electron chi connectivity index (χ2n) is 6.06. The highest BCUT2D eigenvalue weighted by molar-refractivity contribution is 6.07. The van der Waals surface area contributed by atoms with Crippen molar-refractivity contribution in [1.82, 2.24) is 10.3 Å². The van der Waals surface area contributed by atoms with Gasteiger partial charge >= 0.3 is 5.97 Å². The quantitative estimate of drug-likeness (QED) is 0.897. The predicted octanol–water partition coefficient (Wildman–Crippen LogP) is 2.18. The molecule has 0 aliphatic heterocycles. The molecule has 1 aromatic carbocycles. The van der Waals surface area contributed by atoms with Gasteiger partial charge in [-0.15, -0.1) is 0 Å². The first kappa shape index (κ1) is 16.1. The van der Waals surface area contributed by atoms with Gasteiger partial charge in [0.25, 0.3) is 5.91 Å². The third kappa shape index (κ3) is 3.27. The minimum Gasteiger partial charge on any atom is -0.480 e. The van der Waals surface area contributed by atoms with Crippen LogP contribution in [0.15, 0.2) is 36.5 Å². The number of para-hydroxylation sites is 1.